The van der Waals surface area contributed by atoms with Crippen LogP contribution in [-0.2, 0) is 0 Å². The Balaban J connectivity index is 1.96. The average Bonchev–Trinajstić information content (AvgIpc) is 2.48. The maximum absolute atomic E-state index is 12.0. The van der Waals surface area contributed by atoms with Gasteiger partial charge in [0.15, 0.2) is 5.11 Å². The molecule has 0 saturated heterocycles. The number of nitrogens with zero attached hydrogens (tertiary/aromatic N) is 1. The van der Waals surface area contributed by atoms with Crippen LogP contribution in [0, 0.1) is 17.0 Å². The van der Waals surface area contributed by atoms with E-state index in [1.54, 1.807) is 12.1 Å². The van der Waals surface area contributed by atoms with Crippen LogP contribution in [0.2, 0.25) is 0 Å². The molecule has 0 bridgehead atoms. The molecule has 2 aromatic carbocycles. The fraction of sp³-hybridized carbons (Fsp3) is 0.0667. The van der Waals surface area contributed by atoms with Crippen LogP contribution < -0.4 is 10.6 Å². The zero-order valence-corrected chi connectivity index (χ0v) is 12.5. The van der Waals surface area contributed by atoms with Crippen LogP contribution in [0.4, 0.5) is 11.4 Å². The summed E-state index contributed by atoms with van der Waals surface area (Å²) in [4.78, 5) is 22.1. The summed E-state index contributed by atoms with van der Waals surface area (Å²) in [6, 6.07) is 12.8. The van der Waals surface area contributed by atoms with Crippen molar-refractivity contribution in [2.75, 3.05) is 5.32 Å². The quantitative estimate of drug-likeness (QED) is 0.517. The molecule has 0 aliphatic heterocycles. The van der Waals surface area contributed by atoms with E-state index >= 15 is 0 Å². The highest BCUT2D eigenvalue weighted by Crippen LogP contribution is 2.15. The van der Waals surface area contributed by atoms with Gasteiger partial charge in [-0.3, -0.25) is 20.2 Å². The van der Waals surface area contributed by atoms with Gasteiger partial charge >= 0.3 is 0 Å². The first-order valence-corrected chi connectivity index (χ1v) is 6.80. The Kier molecular flexibility index (Phi) is 4.80. The van der Waals surface area contributed by atoms with E-state index in [1.165, 1.54) is 24.3 Å². The number of thiocarbonyl (C=S) groups is 1. The predicted octanol–water partition coefficient (Wildman–Crippen LogP) is 3.03. The number of benzene rings is 2. The third kappa shape index (κ3) is 4.10. The average molecular weight is 315 g/mol. The fourth-order valence-electron chi connectivity index (χ4n) is 1.71. The Labute approximate surface area is 132 Å². The molecular formula is C15H13N3O3S. The molecular weight excluding hydrogens is 302 g/mol. The zero-order valence-electron chi connectivity index (χ0n) is 11.7. The van der Waals surface area contributed by atoms with Gasteiger partial charge in [0.05, 0.1) is 4.92 Å². The van der Waals surface area contributed by atoms with E-state index < -0.39 is 4.92 Å². The predicted molar refractivity (Wildman–Crippen MR) is 88.0 cm³/mol. The van der Waals surface area contributed by atoms with Crippen LogP contribution >= 0.6 is 12.2 Å². The van der Waals surface area contributed by atoms with Crippen LogP contribution in [0.25, 0.3) is 0 Å². The third-order valence-corrected chi connectivity index (χ3v) is 3.08. The molecule has 0 fully saturated rings. The molecule has 0 spiro atoms. The number of non-ortho nitro benzene ring substituents is 1. The molecule has 0 unspecified atom stereocenters. The van der Waals surface area contributed by atoms with Gasteiger partial charge in [-0.15, -0.1) is 0 Å². The molecule has 2 N–H and O–H groups in total. The van der Waals surface area contributed by atoms with Gasteiger partial charge in [0.25, 0.3) is 11.6 Å². The van der Waals surface area contributed by atoms with Gasteiger partial charge in [-0.25, -0.2) is 0 Å². The Morgan fingerprint density at radius 1 is 1.09 bits per heavy atom. The number of nitro groups is 1. The number of nitro benzene ring substituents is 1. The number of hydrogen-bond donors (Lipinski definition) is 2. The Morgan fingerprint density at radius 2 is 1.68 bits per heavy atom. The molecule has 0 aliphatic carbocycles. The second kappa shape index (κ2) is 6.77. The standard InChI is InChI=1S/C15H13N3O3S/c1-10-2-4-11(5-3-10)14(19)17-15(22)16-12-6-8-13(9-7-12)18(20)21/h2-9H,1H3,(H2,16,17,19,22). The Bertz CT molecular complexity index is 712. The first-order chi connectivity index (χ1) is 10.5. The van der Waals surface area contributed by atoms with E-state index in [4.69, 9.17) is 12.2 Å². The van der Waals surface area contributed by atoms with Crippen LogP contribution in [0.3, 0.4) is 0 Å². The number of carbonyl (C=O) groups excluding carboxylic acids is 1. The van der Waals surface area contributed by atoms with E-state index in [0.717, 1.165) is 5.56 Å². The summed E-state index contributed by atoms with van der Waals surface area (Å²) in [5, 5.41) is 16.0. The van der Waals surface area contributed by atoms with Crippen molar-refractivity contribution in [2.24, 2.45) is 0 Å². The van der Waals surface area contributed by atoms with Gasteiger partial charge in [0.2, 0.25) is 0 Å². The van der Waals surface area contributed by atoms with Crippen molar-refractivity contribution in [1.29, 1.82) is 0 Å². The third-order valence-electron chi connectivity index (χ3n) is 2.88. The van der Waals surface area contributed by atoms with Crippen molar-refractivity contribution in [1.82, 2.24) is 5.32 Å². The molecule has 0 aliphatic rings. The van der Waals surface area contributed by atoms with Gasteiger partial charge in [0.1, 0.15) is 0 Å². The Hall–Kier alpha value is -2.80. The number of rotatable bonds is 3. The summed E-state index contributed by atoms with van der Waals surface area (Å²) in [5.41, 5.74) is 2.10. The van der Waals surface area contributed by atoms with Crippen molar-refractivity contribution in [3.8, 4) is 0 Å². The molecule has 1 amide bonds. The summed E-state index contributed by atoms with van der Waals surface area (Å²) in [6.45, 7) is 1.93. The topological polar surface area (TPSA) is 84.3 Å². The smallest absolute Gasteiger partial charge is 0.269 e. The largest absolute Gasteiger partial charge is 0.332 e. The zero-order chi connectivity index (χ0) is 16.1. The maximum atomic E-state index is 12.0. The first kappa shape index (κ1) is 15.6. The minimum atomic E-state index is -0.485. The number of anilines is 1. The molecule has 7 heteroatoms. The second-order valence-electron chi connectivity index (χ2n) is 4.58. The first-order valence-electron chi connectivity index (χ1n) is 6.39. The van der Waals surface area contributed by atoms with Crippen LogP contribution in [0.15, 0.2) is 48.5 Å². The monoisotopic (exact) mass is 315 g/mol. The lowest BCUT2D eigenvalue weighted by atomic mass is 10.1. The molecule has 0 heterocycles. The van der Waals surface area contributed by atoms with Gasteiger partial charge in [-0.05, 0) is 43.4 Å². The molecule has 0 atom stereocenters. The van der Waals surface area contributed by atoms with Crippen LogP contribution in [-0.4, -0.2) is 15.9 Å². The van der Waals surface area contributed by atoms with Gasteiger partial charge in [-0.2, -0.15) is 0 Å². The highest BCUT2D eigenvalue weighted by molar-refractivity contribution is 7.80. The van der Waals surface area contributed by atoms with Crippen molar-refractivity contribution in [3.63, 3.8) is 0 Å². The molecule has 112 valence electrons. The molecule has 0 aromatic heterocycles. The number of nitrogens with one attached hydrogen (secondary N) is 2. The minimum Gasteiger partial charge on any atom is -0.332 e. The molecule has 22 heavy (non-hydrogen) atoms. The lowest BCUT2D eigenvalue weighted by Crippen LogP contribution is -2.34. The van der Waals surface area contributed by atoms with Gasteiger partial charge < -0.3 is 5.32 Å². The number of carbonyl (C=O) groups is 1. The van der Waals surface area contributed by atoms with E-state index in [-0.39, 0.29) is 16.7 Å². The van der Waals surface area contributed by atoms with E-state index in [9.17, 15) is 14.9 Å². The summed E-state index contributed by atoms with van der Waals surface area (Å²) in [7, 11) is 0. The number of amides is 1. The number of aryl methyl sites for hydroxylation is 1. The van der Waals surface area contributed by atoms with E-state index in [2.05, 4.69) is 10.6 Å². The molecule has 2 rings (SSSR count). The van der Waals surface area contributed by atoms with Gasteiger partial charge in [-0.1, -0.05) is 17.7 Å². The molecule has 0 saturated carbocycles. The highest BCUT2D eigenvalue weighted by atomic mass is 32.1. The van der Waals surface area contributed by atoms with E-state index in [1.807, 2.05) is 19.1 Å². The normalized spacial score (nSPS) is 9.86. The van der Waals surface area contributed by atoms with Crippen LogP contribution in [0.1, 0.15) is 15.9 Å². The summed E-state index contributed by atoms with van der Waals surface area (Å²) < 4.78 is 0. The highest BCUT2D eigenvalue weighted by Gasteiger charge is 2.08. The molecule has 2 aromatic rings. The van der Waals surface area contributed by atoms with Gasteiger partial charge in [0, 0.05) is 23.4 Å². The maximum Gasteiger partial charge on any atom is 0.269 e. The number of hydrogen-bond acceptors (Lipinski definition) is 4. The summed E-state index contributed by atoms with van der Waals surface area (Å²) in [6.07, 6.45) is 0. The van der Waals surface area contributed by atoms with Crippen molar-refractivity contribution >= 4 is 34.6 Å². The lowest BCUT2D eigenvalue weighted by molar-refractivity contribution is -0.384. The molecule has 6 nitrogen and oxygen atoms in total. The van der Waals surface area contributed by atoms with E-state index in [0.29, 0.717) is 11.3 Å². The lowest BCUT2D eigenvalue weighted by Gasteiger charge is -2.09. The minimum absolute atomic E-state index is 0.0137. The van der Waals surface area contributed by atoms with Crippen molar-refractivity contribution < 1.29 is 9.72 Å². The Morgan fingerprint density at radius 3 is 2.23 bits per heavy atom. The fourth-order valence-corrected chi connectivity index (χ4v) is 1.92. The summed E-state index contributed by atoms with van der Waals surface area (Å²) in [5.74, 6) is -0.320. The summed E-state index contributed by atoms with van der Waals surface area (Å²) >= 11 is 5.05. The van der Waals surface area contributed by atoms with Crippen LogP contribution in [0.5, 0.6) is 0 Å². The second-order valence-corrected chi connectivity index (χ2v) is 4.99. The molecule has 0 radical (unpaired) electrons. The SMILES string of the molecule is Cc1ccc(C(=O)NC(=S)Nc2ccc([N+](=O)[O-])cc2)cc1. The van der Waals surface area contributed by atoms with Crippen molar-refractivity contribution in [2.45, 2.75) is 6.92 Å². The van der Waals surface area contributed by atoms with Crippen molar-refractivity contribution in [3.05, 3.63) is 69.8 Å².